The number of anilines is 2. The van der Waals surface area contributed by atoms with E-state index in [-0.39, 0.29) is 18.0 Å². The van der Waals surface area contributed by atoms with Crippen molar-refractivity contribution < 1.29 is 45.8 Å². The van der Waals surface area contributed by atoms with Crippen molar-refractivity contribution in [1.29, 1.82) is 0 Å². The number of rotatable bonds is 6. The second-order valence-corrected chi connectivity index (χ2v) is 8.73. The SMILES string of the molecule is CCOC(=O)C1=C(C(=O)O)CN(c2cccc(C(F)(F)F)c2)C(c2ccccc2)N1c1cccc(C(F)(F)F)c1. The molecule has 210 valence electrons. The number of halogens is 6. The third kappa shape index (κ3) is 5.75. The van der Waals surface area contributed by atoms with Crippen molar-refractivity contribution in [3.05, 3.63) is 107 Å². The summed E-state index contributed by atoms with van der Waals surface area (Å²) >= 11 is 0. The first-order chi connectivity index (χ1) is 18.8. The van der Waals surface area contributed by atoms with Crippen LogP contribution >= 0.6 is 0 Å². The highest BCUT2D eigenvalue weighted by atomic mass is 19.4. The van der Waals surface area contributed by atoms with Gasteiger partial charge >= 0.3 is 24.3 Å². The number of carbonyl (C=O) groups is 2. The Hall–Kier alpha value is -4.48. The zero-order valence-electron chi connectivity index (χ0n) is 20.8. The molecule has 0 fully saturated rings. The van der Waals surface area contributed by atoms with Crippen molar-refractivity contribution >= 4 is 23.3 Å². The normalized spacial score (nSPS) is 16.2. The second-order valence-electron chi connectivity index (χ2n) is 8.73. The van der Waals surface area contributed by atoms with E-state index in [9.17, 15) is 41.0 Å². The number of nitrogens with zero attached hydrogens (tertiary/aromatic N) is 2. The number of ether oxygens (including phenoxy) is 1. The first-order valence-corrected chi connectivity index (χ1v) is 11.9. The zero-order chi connectivity index (χ0) is 29.2. The molecule has 0 saturated carbocycles. The molecule has 0 spiro atoms. The van der Waals surface area contributed by atoms with Crippen molar-refractivity contribution in [1.82, 2.24) is 0 Å². The minimum absolute atomic E-state index is 0.0673. The Balaban J connectivity index is 2.06. The first-order valence-electron chi connectivity index (χ1n) is 11.9. The van der Waals surface area contributed by atoms with Crippen LogP contribution < -0.4 is 9.80 Å². The highest BCUT2D eigenvalue weighted by Gasteiger charge is 2.43. The van der Waals surface area contributed by atoms with Crippen LogP contribution in [0.15, 0.2) is 90.1 Å². The lowest BCUT2D eigenvalue weighted by Gasteiger charge is -2.47. The van der Waals surface area contributed by atoms with E-state index in [0.29, 0.717) is 5.56 Å². The van der Waals surface area contributed by atoms with E-state index in [1.54, 1.807) is 30.3 Å². The van der Waals surface area contributed by atoms with Crippen molar-refractivity contribution in [2.24, 2.45) is 0 Å². The highest BCUT2D eigenvalue weighted by molar-refractivity contribution is 6.04. The molecule has 1 atom stereocenters. The van der Waals surface area contributed by atoms with Gasteiger partial charge in [0.1, 0.15) is 11.9 Å². The van der Waals surface area contributed by atoms with E-state index in [0.717, 1.165) is 41.3 Å². The van der Waals surface area contributed by atoms with Gasteiger partial charge in [-0.2, -0.15) is 26.3 Å². The number of carbonyl (C=O) groups excluding carboxylic acids is 1. The quantitative estimate of drug-likeness (QED) is 0.267. The molecule has 6 nitrogen and oxygen atoms in total. The lowest BCUT2D eigenvalue weighted by Crippen LogP contribution is -2.50. The third-order valence-corrected chi connectivity index (χ3v) is 6.18. The summed E-state index contributed by atoms with van der Waals surface area (Å²) in [5.41, 5.74) is -3.12. The number of esters is 1. The van der Waals surface area contributed by atoms with Crippen LogP contribution in [0.3, 0.4) is 0 Å². The molecule has 0 saturated heterocycles. The van der Waals surface area contributed by atoms with Gasteiger partial charge < -0.3 is 19.6 Å². The van der Waals surface area contributed by atoms with Crippen LogP contribution in [0.25, 0.3) is 0 Å². The van der Waals surface area contributed by atoms with Gasteiger partial charge in [-0.25, -0.2) is 9.59 Å². The molecule has 1 heterocycles. The van der Waals surface area contributed by atoms with Crippen molar-refractivity contribution in [3.63, 3.8) is 0 Å². The van der Waals surface area contributed by atoms with E-state index in [4.69, 9.17) is 4.74 Å². The zero-order valence-corrected chi connectivity index (χ0v) is 20.8. The maximum absolute atomic E-state index is 13.7. The Bertz CT molecular complexity index is 1440. The summed E-state index contributed by atoms with van der Waals surface area (Å²) in [5, 5.41) is 10.1. The monoisotopic (exact) mass is 564 g/mol. The van der Waals surface area contributed by atoms with Gasteiger partial charge in [0, 0.05) is 11.4 Å². The molecule has 1 aliphatic rings. The van der Waals surface area contributed by atoms with Crippen LogP contribution in [0, 0.1) is 0 Å². The second kappa shape index (κ2) is 10.9. The number of aliphatic carboxylic acids is 1. The van der Waals surface area contributed by atoms with Crippen LogP contribution in [0.5, 0.6) is 0 Å². The molecule has 0 aromatic heterocycles. The minimum atomic E-state index is -4.78. The summed E-state index contributed by atoms with van der Waals surface area (Å²) in [4.78, 5) is 28.0. The number of benzene rings is 3. The number of carboxylic acid groups (broad SMARTS) is 1. The van der Waals surface area contributed by atoms with Gasteiger partial charge in [0.25, 0.3) is 0 Å². The summed E-state index contributed by atoms with van der Waals surface area (Å²) in [6, 6.07) is 16.0. The highest BCUT2D eigenvalue weighted by Crippen LogP contribution is 2.44. The average molecular weight is 564 g/mol. The minimum Gasteiger partial charge on any atom is -0.478 e. The Kier molecular flexibility index (Phi) is 7.81. The summed E-state index contributed by atoms with van der Waals surface area (Å²) in [6.07, 6.45) is -10.7. The van der Waals surface area contributed by atoms with E-state index in [2.05, 4.69) is 0 Å². The molecule has 4 rings (SSSR count). The van der Waals surface area contributed by atoms with Gasteiger partial charge in [0.15, 0.2) is 0 Å². The summed E-state index contributed by atoms with van der Waals surface area (Å²) in [5.74, 6) is -2.70. The smallest absolute Gasteiger partial charge is 0.416 e. The molecule has 40 heavy (non-hydrogen) atoms. The molecule has 0 bridgehead atoms. The molecular formula is C28H22F6N2O4. The predicted octanol–water partition coefficient (Wildman–Crippen LogP) is 6.65. The molecule has 1 N–H and O–H groups in total. The molecule has 3 aromatic carbocycles. The van der Waals surface area contributed by atoms with Gasteiger partial charge in [0.2, 0.25) is 0 Å². The summed E-state index contributed by atoms with van der Waals surface area (Å²) < 4.78 is 87.0. The van der Waals surface area contributed by atoms with Crippen LogP contribution in [-0.4, -0.2) is 30.2 Å². The van der Waals surface area contributed by atoms with Crippen LogP contribution in [-0.2, 0) is 26.7 Å². The standard InChI is InChI=1S/C28H22F6N2O4/c1-2-40-26(39)23-22(25(37)38)16-35(20-12-6-10-18(14-20)27(29,30)31)24(17-8-4-3-5-9-17)36(23)21-13-7-11-19(15-21)28(32,33)34/h3-15,24H,2,16H2,1H3,(H,37,38). The van der Waals surface area contributed by atoms with Gasteiger partial charge in [-0.15, -0.1) is 0 Å². The Labute approximate surface area is 224 Å². The fraction of sp³-hybridized carbons (Fsp3) is 0.214. The Morgan fingerprint density at radius 1 is 0.850 bits per heavy atom. The lowest BCUT2D eigenvalue weighted by atomic mass is 9.99. The van der Waals surface area contributed by atoms with Gasteiger partial charge in [0.05, 0.1) is 29.9 Å². The maximum Gasteiger partial charge on any atom is 0.416 e. The molecule has 3 aromatic rings. The lowest BCUT2D eigenvalue weighted by molar-refractivity contribution is -0.140. The number of hydrogen-bond acceptors (Lipinski definition) is 5. The largest absolute Gasteiger partial charge is 0.478 e. The molecule has 0 radical (unpaired) electrons. The maximum atomic E-state index is 13.7. The molecule has 12 heteroatoms. The fourth-order valence-corrected chi connectivity index (χ4v) is 4.48. The molecular weight excluding hydrogens is 542 g/mol. The van der Waals surface area contributed by atoms with Crippen LogP contribution in [0.4, 0.5) is 37.7 Å². The fourth-order valence-electron chi connectivity index (χ4n) is 4.48. The Morgan fingerprint density at radius 3 is 1.93 bits per heavy atom. The van der Waals surface area contributed by atoms with E-state index >= 15 is 0 Å². The van der Waals surface area contributed by atoms with Crippen molar-refractivity contribution in [2.45, 2.75) is 25.4 Å². The molecule has 1 aliphatic heterocycles. The summed E-state index contributed by atoms with van der Waals surface area (Å²) in [6.45, 7) is 0.749. The molecule has 0 aliphatic carbocycles. The van der Waals surface area contributed by atoms with Crippen molar-refractivity contribution in [2.75, 3.05) is 23.0 Å². The third-order valence-electron chi connectivity index (χ3n) is 6.18. The van der Waals surface area contributed by atoms with E-state index in [1.165, 1.54) is 24.0 Å². The first kappa shape index (κ1) is 28.5. The van der Waals surface area contributed by atoms with Crippen LogP contribution in [0.2, 0.25) is 0 Å². The van der Waals surface area contributed by atoms with Gasteiger partial charge in [-0.3, -0.25) is 0 Å². The van der Waals surface area contributed by atoms with Crippen LogP contribution in [0.1, 0.15) is 29.8 Å². The van der Waals surface area contributed by atoms with E-state index in [1.807, 2.05) is 0 Å². The van der Waals surface area contributed by atoms with Gasteiger partial charge in [-0.1, -0.05) is 42.5 Å². The van der Waals surface area contributed by atoms with Crippen molar-refractivity contribution in [3.8, 4) is 0 Å². The predicted molar refractivity (Wildman–Crippen MR) is 133 cm³/mol. The number of hydrogen-bond donors (Lipinski definition) is 1. The Morgan fingerprint density at radius 2 is 1.40 bits per heavy atom. The topological polar surface area (TPSA) is 70.1 Å². The number of alkyl halides is 6. The molecule has 1 unspecified atom stereocenters. The average Bonchev–Trinajstić information content (AvgIpc) is 2.91. The van der Waals surface area contributed by atoms with Gasteiger partial charge in [-0.05, 0) is 48.9 Å². The molecule has 0 amide bonds. The number of carboxylic acids is 1. The summed E-state index contributed by atoms with van der Waals surface area (Å²) in [7, 11) is 0. The van der Waals surface area contributed by atoms with E-state index < -0.39 is 59.4 Å².